The number of hydrogen-bond donors (Lipinski definition) is 2. The molecule has 0 heterocycles. The monoisotopic (exact) mass is 471 g/mol. The summed E-state index contributed by atoms with van der Waals surface area (Å²) in [7, 11) is 3.18. The molecule has 0 amide bonds. The van der Waals surface area contributed by atoms with Gasteiger partial charge < -0.3 is 15.4 Å². The summed E-state index contributed by atoms with van der Waals surface area (Å²) in [4.78, 5) is 4.21. The van der Waals surface area contributed by atoms with Crippen molar-refractivity contribution in [3.05, 3.63) is 65.0 Å². The molecule has 0 radical (unpaired) electrons. The van der Waals surface area contributed by atoms with Gasteiger partial charge in [-0.3, -0.25) is 4.99 Å². The van der Waals surface area contributed by atoms with Crippen LogP contribution >= 0.6 is 24.0 Å². The molecule has 0 aliphatic heterocycles. The Balaban J connectivity index is 0.00000338. The molecular weight excluding hydrogens is 444 g/mol. The molecule has 1 unspecified atom stereocenters. The molecule has 142 valence electrons. The normalized spacial score (nSPS) is 12.1. The molecule has 26 heavy (non-hydrogen) atoms. The fraction of sp³-hybridized carbons (Fsp3) is 0.350. The molecule has 0 saturated heterocycles. The fourth-order valence-corrected chi connectivity index (χ4v) is 2.49. The lowest BCUT2D eigenvalue weighted by Crippen LogP contribution is -2.38. The quantitative estimate of drug-likeness (QED) is 0.377. The molecule has 0 aliphatic carbocycles. The van der Waals surface area contributed by atoms with Crippen LogP contribution in [0.4, 0.5) is 4.39 Å². The highest BCUT2D eigenvalue weighted by atomic mass is 127. The first-order valence-electron chi connectivity index (χ1n) is 8.37. The van der Waals surface area contributed by atoms with Crippen molar-refractivity contribution in [2.75, 3.05) is 20.7 Å². The summed E-state index contributed by atoms with van der Waals surface area (Å²) in [5.41, 5.74) is 3.37. The second kappa shape index (κ2) is 11.0. The highest BCUT2D eigenvalue weighted by Crippen LogP contribution is 2.17. The van der Waals surface area contributed by atoms with Gasteiger partial charge in [0.1, 0.15) is 0 Å². The first-order chi connectivity index (χ1) is 12.0. The van der Waals surface area contributed by atoms with Gasteiger partial charge in [0.15, 0.2) is 17.5 Å². The molecule has 2 N–H and O–H groups in total. The van der Waals surface area contributed by atoms with Gasteiger partial charge in [-0.2, -0.15) is 0 Å². The van der Waals surface area contributed by atoms with Gasteiger partial charge in [0, 0.05) is 20.1 Å². The van der Waals surface area contributed by atoms with Crippen LogP contribution in [0.3, 0.4) is 0 Å². The van der Waals surface area contributed by atoms with Crippen molar-refractivity contribution >= 4 is 29.9 Å². The first-order valence-corrected chi connectivity index (χ1v) is 8.37. The molecule has 6 heteroatoms. The zero-order valence-electron chi connectivity index (χ0n) is 15.7. The Morgan fingerprint density at radius 1 is 1.15 bits per heavy atom. The Hall–Kier alpha value is -1.83. The topological polar surface area (TPSA) is 45.7 Å². The highest BCUT2D eigenvalue weighted by Gasteiger charge is 2.07. The lowest BCUT2D eigenvalue weighted by Gasteiger charge is -2.17. The maximum absolute atomic E-state index is 13.7. The van der Waals surface area contributed by atoms with E-state index in [2.05, 4.69) is 53.7 Å². The van der Waals surface area contributed by atoms with Crippen molar-refractivity contribution in [1.29, 1.82) is 0 Å². The lowest BCUT2D eigenvalue weighted by molar-refractivity contribution is 0.386. The Bertz CT molecular complexity index is 719. The summed E-state index contributed by atoms with van der Waals surface area (Å²) in [5.74, 6) is 0.934. The number of benzene rings is 2. The Morgan fingerprint density at radius 3 is 2.42 bits per heavy atom. The van der Waals surface area contributed by atoms with Gasteiger partial charge in [-0.05, 0) is 36.1 Å². The zero-order valence-corrected chi connectivity index (χ0v) is 18.0. The molecular formula is C20H27FIN3O. The number of ether oxygens (including phenoxy) is 1. The van der Waals surface area contributed by atoms with E-state index < -0.39 is 0 Å². The Kier molecular flexibility index (Phi) is 9.40. The molecule has 0 aliphatic rings. The summed E-state index contributed by atoms with van der Waals surface area (Å²) >= 11 is 0. The van der Waals surface area contributed by atoms with Gasteiger partial charge in [-0.1, -0.05) is 42.8 Å². The number of rotatable bonds is 6. The van der Waals surface area contributed by atoms with E-state index in [1.165, 1.54) is 24.3 Å². The van der Waals surface area contributed by atoms with Gasteiger partial charge in [-0.15, -0.1) is 24.0 Å². The van der Waals surface area contributed by atoms with Crippen LogP contribution in [0.25, 0.3) is 0 Å². The van der Waals surface area contributed by atoms with Crippen molar-refractivity contribution in [3.63, 3.8) is 0 Å². The van der Waals surface area contributed by atoms with E-state index in [0.29, 0.717) is 18.4 Å². The van der Waals surface area contributed by atoms with Crippen LogP contribution < -0.4 is 15.4 Å². The van der Waals surface area contributed by atoms with Crippen molar-refractivity contribution in [3.8, 4) is 5.75 Å². The summed E-state index contributed by atoms with van der Waals surface area (Å²) in [6.45, 7) is 5.50. The molecule has 0 aromatic heterocycles. The highest BCUT2D eigenvalue weighted by molar-refractivity contribution is 14.0. The minimum atomic E-state index is -0.363. The lowest BCUT2D eigenvalue weighted by atomic mass is 10.0. The number of aliphatic imine (C=N–C) groups is 1. The third kappa shape index (κ3) is 6.48. The molecule has 2 aromatic carbocycles. The Labute approximate surface area is 172 Å². The maximum Gasteiger partial charge on any atom is 0.191 e. The largest absolute Gasteiger partial charge is 0.494 e. The molecule has 0 bridgehead atoms. The molecule has 4 nitrogen and oxygen atoms in total. The van der Waals surface area contributed by atoms with E-state index in [0.717, 1.165) is 12.1 Å². The van der Waals surface area contributed by atoms with Gasteiger partial charge in [0.05, 0.1) is 7.11 Å². The molecule has 2 aromatic rings. The molecule has 2 rings (SSSR count). The minimum Gasteiger partial charge on any atom is -0.494 e. The van der Waals surface area contributed by atoms with Crippen molar-refractivity contribution in [1.82, 2.24) is 10.6 Å². The summed E-state index contributed by atoms with van der Waals surface area (Å²) in [5, 5.41) is 6.51. The van der Waals surface area contributed by atoms with Crippen molar-refractivity contribution < 1.29 is 9.13 Å². The third-order valence-corrected chi connectivity index (χ3v) is 4.12. The predicted molar refractivity (Wildman–Crippen MR) is 116 cm³/mol. The standard InChI is InChI=1S/C20H26FN3O.HI/c1-14-5-8-17(9-6-14)15(2)12-23-20(22-3)24-13-16-7-10-19(25-4)18(21)11-16;/h5-11,15H,12-13H2,1-4H3,(H2,22,23,24);1H. The molecule has 0 saturated carbocycles. The number of guanidine groups is 1. The van der Waals surface area contributed by atoms with Crippen LogP contribution in [0.15, 0.2) is 47.5 Å². The maximum atomic E-state index is 13.7. The average Bonchev–Trinajstić information content (AvgIpc) is 2.62. The minimum absolute atomic E-state index is 0. The van der Waals surface area contributed by atoms with Crippen LogP contribution in [0.1, 0.15) is 29.5 Å². The van der Waals surface area contributed by atoms with Gasteiger partial charge in [-0.25, -0.2) is 4.39 Å². The van der Waals surface area contributed by atoms with E-state index in [1.807, 2.05) is 6.07 Å². The molecule has 1 atom stereocenters. The smallest absolute Gasteiger partial charge is 0.191 e. The zero-order chi connectivity index (χ0) is 18.2. The molecule has 0 spiro atoms. The molecule has 0 fully saturated rings. The van der Waals surface area contributed by atoms with Crippen LogP contribution in [0, 0.1) is 12.7 Å². The Morgan fingerprint density at radius 2 is 1.85 bits per heavy atom. The number of methoxy groups -OCH3 is 1. The van der Waals surface area contributed by atoms with E-state index >= 15 is 0 Å². The SMILES string of the molecule is CN=C(NCc1ccc(OC)c(F)c1)NCC(C)c1ccc(C)cc1.I. The number of halogens is 2. The third-order valence-electron chi connectivity index (χ3n) is 4.12. The van der Waals surface area contributed by atoms with Crippen molar-refractivity contribution in [2.24, 2.45) is 4.99 Å². The number of nitrogens with zero attached hydrogens (tertiary/aromatic N) is 1. The average molecular weight is 471 g/mol. The van der Waals surface area contributed by atoms with Crippen LogP contribution in [0.5, 0.6) is 5.75 Å². The van der Waals surface area contributed by atoms with Crippen molar-refractivity contribution in [2.45, 2.75) is 26.3 Å². The van der Waals surface area contributed by atoms with Gasteiger partial charge >= 0.3 is 0 Å². The predicted octanol–water partition coefficient (Wildman–Crippen LogP) is 4.23. The second-order valence-electron chi connectivity index (χ2n) is 6.09. The van der Waals surface area contributed by atoms with Gasteiger partial charge in [0.2, 0.25) is 0 Å². The van der Waals surface area contributed by atoms with E-state index in [9.17, 15) is 4.39 Å². The number of hydrogen-bond acceptors (Lipinski definition) is 2. The number of aryl methyl sites for hydroxylation is 1. The number of nitrogens with one attached hydrogen (secondary N) is 2. The van der Waals surface area contributed by atoms with E-state index in [4.69, 9.17) is 4.74 Å². The van der Waals surface area contributed by atoms with Gasteiger partial charge in [0.25, 0.3) is 0 Å². The van der Waals surface area contributed by atoms with Crippen LogP contribution in [0.2, 0.25) is 0 Å². The summed E-state index contributed by atoms with van der Waals surface area (Å²) < 4.78 is 18.7. The van der Waals surface area contributed by atoms with E-state index in [1.54, 1.807) is 13.1 Å². The summed E-state index contributed by atoms with van der Waals surface area (Å²) in [6, 6.07) is 13.5. The van der Waals surface area contributed by atoms with Crippen LogP contribution in [-0.2, 0) is 6.54 Å². The fourth-order valence-electron chi connectivity index (χ4n) is 2.49. The first kappa shape index (κ1) is 22.2. The van der Waals surface area contributed by atoms with E-state index in [-0.39, 0.29) is 35.5 Å². The van der Waals surface area contributed by atoms with Crippen LogP contribution in [-0.4, -0.2) is 26.7 Å². The second-order valence-corrected chi connectivity index (χ2v) is 6.09. The summed E-state index contributed by atoms with van der Waals surface area (Å²) in [6.07, 6.45) is 0.